The molecule has 2 rings (SSSR count). The fourth-order valence-corrected chi connectivity index (χ4v) is 3.15. The van der Waals surface area contributed by atoms with Crippen molar-refractivity contribution < 1.29 is 27.8 Å². The van der Waals surface area contributed by atoms with Gasteiger partial charge in [-0.1, -0.05) is 18.2 Å². The van der Waals surface area contributed by atoms with Crippen LogP contribution in [0.15, 0.2) is 59.5 Å². The lowest BCUT2D eigenvalue weighted by atomic mass is 10.0. The number of para-hydroxylation sites is 1. The van der Waals surface area contributed by atoms with Gasteiger partial charge in [0.25, 0.3) is 0 Å². The van der Waals surface area contributed by atoms with E-state index in [0.29, 0.717) is 16.4 Å². The minimum Gasteiger partial charge on any atom is -0.480 e. The number of hydrogen-bond donors (Lipinski definition) is 2. The molecule has 2 N–H and O–H groups in total. The number of carboxylic acids is 1. The van der Waals surface area contributed by atoms with Crippen molar-refractivity contribution in [1.29, 1.82) is 0 Å². The van der Waals surface area contributed by atoms with E-state index in [1.165, 1.54) is 0 Å². The van der Waals surface area contributed by atoms with Crippen LogP contribution in [0.5, 0.6) is 11.5 Å². The number of hydrogen-bond acceptors (Lipinski definition) is 4. The normalized spacial score (nSPS) is 13.9. The molecular weight excluding hydrogens is 355 g/mol. The van der Waals surface area contributed by atoms with Crippen LogP contribution >= 0.6 is 11.8 Å². The molecule has 1 unspecified atom stereocenters. The largest absolute Gasteiger partial charge is 0.480 e. The number of rotatable bonds is 7. The Morgan fingerprint density at radius 3 is 2.12 bits per heavy atom. The number of carboxylic acid groups (broad SMARTS) is 1. The molecule has 0 saturated carbocycles. The van der Waals surface area contributed by atoms with Crippen LogP contribution in [-0.2, 0) is 4.79 Å². The average Bonchev–Trinajstić information content (AvgIpc) is 2.56. The Labute approximate surface area is 147 Å². The zero-order valence-corrected chi connectivity index (χ0v) is 14.0. The maximum Gasteiger partial charge on any atom is 0.418 e. The van der Waals surface area contributed by atoms with Crippen LogP contribution in [0.3, 0.4) is 0 Å². The Morgan fingerprint density at radius 1 is 1.08 bits per heavy atom. The van der Waals surface area contributed by atoms with E-state index in [0.717, 1.165) is 18.8 Å². The Kier molecular flexibility index (Phi) is 5.97. The quantitative estimate of drug-likeness (QED) is 0.715. The molecule has 0 spiro atoms. The van der Waals surface area contributed by atoms with Crippen molar-refractivity contribution in [2.75, 3.05) is 12.8 Å². The van der Waals surface area contributed by atoms with E-state index in [2.05, 4.69) is 0 Å². The number of alkyl halides is 3. The topological polar surface area (TPSA) is 58.6 Å². The number of halogens is 3. The van der Waals surface area contributed by atoms with Gasteiger partial charge in [-0.05, 0) is 43.4 Å². The Balaban J connectivity index is 2.06. The molecule has 0 aromatic heterocycles. The first-order valence-corrected chi connectivity index (χ1v) is 8.22. The van der Waals surface area contributed by atoms with E-state index >= 15 is 0 Å². The first kappa shape index (κ1) is 19.1. The van der Waals surface area contributed by atoms with E-state index in [1.54, 1.807) is 36.4 Å². The molecule has 0 heterocycles. The molecule has 0 saturated heterocycles. The standard InChI is InChI=1S/C17H16F3NO3S/c1-21-16(15(22)23,17(18,19)20)11-25-14-9-7-13(8-10-14)24-12-5-3-2-4-6-12/h2-10,21H,11H2,1H3,(H,22,23). The molecule has 2 aromatic carbocycles. The summed E-state index contributed by atoms with van der Waals surface area (Å²) in [4.78, 5) is 11.7. The second-order valence-corrected chi connectivity index (χ2v) is 6.18. The molecule has 25 heavy (non-hydrogen) atoms. The van der Waals surface area contributed by atoms with Gasteiger partial charge in [-0.25, -0.2) is 4.79 Å². The van der Waals surface area contributed by atoms with Crippen LogP contribution in [0.1, 0.15) is 0 Å². The van der Waals surface area contributed by atoms with Crippen molar-refractivity contribution in [2.45, 2.75) is 16.6 Å². The van der Waals surface area contributed by atoms with Gasteiger partial charge in [0.2, 0.25) is 5.54 Å². The zero-order valence-electron chi connectivity index (χ0n) is 13.2. The highest BCUT2D eigenvalue weighted by Gasteiger charge is 2.60. The van der Waals surface area contributed by atoms with Crippen molar-refractivity contribution in [3.8, 4) is 11.5 Å². The molecule has 0 aliphatic carbocycles. The highest BCUT2D eigenvalue weighted by molar-refractivity contribution is 7.99. The molecule has 8 heteroatoms. The van der Waals surface area contributed by atoms with Gasteiger partial charge in [0.1, 0.15) is 11.5 Å². The number of carbonyl (C=O) groups is 1. The Bertz CT molecular complexity index is 707. The van der Waals surface area contributed by atoms with Crippen LogP contribution in [0, 0.1) is 0 Å². The fourth-order valence-electron chi connectivity index (χ4n) is 2.01. The second-order valence-electron chi connectivity index (χ2n) is 5.13. The van der Waals surface area contributed by atoms with Gasteiger partial charge in [-0.3, -0.25) is 5.32 Å². The molecule has 134 valence electrons. The maximum absolute atomic E-state index is 13.2. The molecule has 2 aromatic rings. The molecule has 0 aliphatic rings. The summed E-state index contributed by atoms with van der Waals surface area (Å²) >= 11 is 0.803. The number of nitrogens with one attached hydrogen (secondary N) is 1. The third-order valence-corrected chi connectivity index (χ3v) is 4.72. The number of thioether (sulfide) groups is 1. The van der Waals surface area contributed by atoms with E-state index in [-0.39, 0.29) is 0 Å². The zero-order chi connectivity index (χ0) is 18.5. The van der Waals surface area contributed by atoms with E-state index in [9.17, 15) is 18.0 Å². The molecule has 4 nitrogen and oxygen atoms in total. The Morgan fingerprint density at radius 2 is 1.64 bits per heavy atom. The first-order chi connectivity index (χ1) is 11.8. The van der Waals surface area contributed by atoms with Gasteiger partial charge in [0, 0.05) is 10.6 Å². The van der Waals surface area contributed by atoms with Crippen molar-refractivity contribution in [3.63, 3.8) is 0 Å². The van der Waals surface area contributed by atoms with Crippen molar-refractivity contribution in [2.24, 2.45) is 0 Å². The SMILES string of the molecule is CNC(CSc1ccc(Oc2ccccc2)cc1)(C(=O)O)C(F)(F)F. The third kappa shape index (κ3) is 4.46. The summed E-state index contributed by atoms with van der Waals surface area (Å²) in [6.45, 7) is 0. The highest BCUT2D eigenvalue weighted by atomic mass is 32.2. The van der Waals surface area contributed by atoms with Crippen LogP contribution in [0.2, 0.25) is 0 Å². The van der Waals surface area contributed by atoms with Crippen LogP contribution in [-0.4, -0.2) is 35.6 Å². The third-order valence-electron chi connectivity index (χ3n) is 3.53. The van der Waals surface area contributed by atoms with E-state index in [1.807, 2.05) is 23.5 Å². The second kappa shape index (κ2) is 7.79. The maximum atomic E-state index is 13.2. The summed E-state index contributed by atoms with van der Waals surface area (Å²) in [6.07, 6.45) is -4.92. The molecule has 0 fully saturated rings. The van der Waals surface area contributed by atoms with Crippen molar-refractivity contribution >= 4 is 17.7 Å². The number of likely N-dealkylation sites (N-methyl/N-ethyl adjacent to an activating group) is 1. The van der Waals surface area contributed by atoms with Crippen LogP contribution in [0.4, 0.5) is 13.2 Å². The predicted molar refractivity (Wildman–Crippen MR) is 89.2 cm³/mol. The summed E-state index contributed by atoms with van der Waals surface area (Å²) in [5.41, 5.74) is -3.00. The number of ether oxygens (including phenoxy) is 1. The van der Waals surface area contributed by atoms with Crippen molar-refractivity contribution in [1.82, 2.24) is 5.32 Å². The molecule has 1 atom stereocenters. The molecular formula is C17H16F3NO3S. The lowest BCUT2D eigenvalue weighted by Gasteiger charge is -2.30. The first-order valence-electron chi connectivity index (χ1n) is 7.23. The average molecular weight is 371 g/mol. The number of benzene rings is 2. The summed E-state index contributed by atoms with van der Waals surface area (Å²) in [6, 6.07) is 15.4. The van der Waals surface area contributed by atoms with E-state index < -0.39 is 23.4 Å². The van der Waals surface area contributed by atoms with Gasteiger partial charge >= 0.3 is 12.1 Å². The van der Waals surface area contributed by atoms with Gasteiger partial charge in [0.05, 0.1) is 0 Å². The predicted octanol–water partition coefficient (Wildman–Crippen LogP) is 4.18. The van der Waals surface area contributed by atoms with Crippen LogP contribution < -0.4 is 10.1 Å². The lowest BCUT2D eigenvalue weighted by Crippen LogP contribution is -2.63. The van der Waals surface area contributed by atoms with Gasteiger partial charge < -0.3 is 9.84 Å². The molecule has 0 bridgehead atoms. The summed E-state index contributed by atoms with van der Waals surface area (Å²) < 4.78 is 45.1. The highest BCUT2D eigenvalue weighted by Crippen LogP contribution is 2.36. The molecule has 0 radical (unpaired) electrons. The minimum absolute atomic E-state index is 0.505. The summed E-state index contributed by atoms with van der Waals surface area (Å²) in [5.74, 6) is -1.48. The van der Waals surface area contributed by atoms with Crippen molar-refractivity contribution in [3.05, 3.63) is 54.6 Å². The summed E-state index contributed by atoms with van der Waals surface area (Å²) in [7, 11) is 0.985. The van der Waals surface area contributed by atoms with Crippen LogP contribution in [0.25, 0.3) is 0 Å². The molecule has 0 amide bonds. The lowest BCUT2D eigenvalue weighted by molar-refractivity contribution is -0.203. The van der Waals surface area contributed by atoms with E-state index in [4.69, 9.17) is 9.84 Å². The fraction of sp³-hybridized carbons (Fsp3) is 0.235. The number of aliphatic carboxylic acids is 1. The smallest absolute Gasteiger partial charge is 0.418 e. The molecule has 0 aliphatic heterocycles. The summed E-state index contributed by atoms with van der Waals surface area (Å²) in [5, 5.41) is 10.9. The van der Waals surface area contributed by atoms with Gasteiger partial charge in [0.15, 0.2) is 0 Å². The minimum atomic E-state index is -4.92. The Hall–Kier alpha value is -2.19. The monoisotopic (exact) mass is 371 g/mol. The van der Waals surface area contributed by atoms with Gasteiger partial charge in [-0.2, -0.15) is 13.2 Å². The van der Waals surface area contributed by atoms with Gasteiger partial charge in [-0.15, -0.1) is 11.8 Å².